The summed E-state index contributed by atoms with van der Waals surface area (Å²) < 4.78 is 13.8. The van der Waals surface area contributed by atoms with E-state index < -0.39 is 0 Å². The van der Waals surface area contributed by atoms with Gasteiger partial charge < -0.3 is 26.5 Å². The molecule has 0 N–H and O–H groups in total. The fourth-order valence-electron chi connectivity index (χ4n) is 8.71. The Morgan fingerprint density at radius 2 is 0.836 bits per heavy atom. The van der Waals surface area contributed by atoms with E-state index in [2.05, 4.69) is 119 Å². The lowest BCUT2D eigenvalue weighted by atomic mass is 10.0. The quantitative estimate of drug-likeness (QED) is 0.0246. The summed E-state index contributed by atoms with van der Waals surface area (Å²) in [4.78, 5) is 0. The van der Waals surface area contributed by atoms with Crippen molar-refractivity contribution in [1.82, 2.24) is 4.48 Å². The Hall–Kier alpha value is -2.24. The molecule has 0 saturated heterocycles. The van der Waals surface area contributed by atoms with Gasteiger partial charge in [0.15, 0.2) is 6.29 Å². The van der Waals surface area contributed by atoms with Crippen molar-refractivity contribution >= 4 is 22.1 Å². The fourth-order valence-corrected chi connectivity index (χ4v) is 8.71. The van der Waals surface area contributed by atoms with Gasteiger partial charge in [-0.2, -0.15) is 0 Å². The van der Waals surface area contributed by atoms with E-state index in [1.807, 2.05) is 0 Å². The monoisotopic (exact) mass is 902 g/mol. The summed E-state index contributed by atoms with van der Waals surface area (Å²) in [6.07, 6.45) is 48.4. The van der Waals surface area contributed by atoms with Crippen molar-refractivity contribution in [2.75, 3.05) is 27.3 Å². The lowest BCUT2D eigenvalue weighted by Gasteiger charge is -2.32. The highest BCUT2D eigenvalue weighted by Gasteiger charge is 2.28. The number of unbranched alkanes of at least 4 members (excludes halogenated alkanes) is 24. The molecule has 0 atom stereocenters. The number of halogens is 1. The normalized spacial score (nSPS) is 12.1. The average molecular weight is 903 g/mol. The molecule has 0 unspecified atom stereocenters. The summed E-state index contributed by atoms with van der Waals surface area (Å²) in [6, 6.07) is 24.5. The Labute approximate surface area is 387 Å². The molecule has 0 radical (unpaired) electrons. The summed E-state index contributed by atoms with van der Waals surface area (Å²) in [5.74, 6) is 0. The molecular formula is C57H92BrNO2. The standard InChI is InChI=1S/C57H92NO2.BrH/c1-5-7-9-11-13-15-17-19-21-23-25-27-29-31-33-39-50-59-57(60-51-40-34-32-30-28-26-24-22-20-18-16-14-12-10-8-6-2)49-48-53-43-36-38-46-55(53)58(3,4)56-47-41-44-52-42-35-37-45-54(52)56;/h19-22,35-38,41-47,57H,5-18,23-34,39-40,48-51H2,1-4H3;1H/q+1;/p-1/b21-19-,22-20-;. The molecule has 0 fully saturated rings. The van der Waals surface area contributed by atoms with Crippen molar-refractivity contribution < 1.29 is 26.5 Å². The first kappa shape index (κ1) is 54.9. The average Bonchev–Trinajstić information content (AvgIpc) is 3.27. The third kappa shape index (κ3) is 25.0. The number of fused-ring (bicyclic) bond motifs is 1. The van der Waals surface area contributed by atoms with Gasteiger partial charge in [0, 0.05) is 36.7 Å². The second kappa shape index (κ2) is 37.2. The van der Waals surface area contributed by atoms with Crippen LogP contribution in [0, 0.1) is 0 Å². The Kier molecular flexibility index (Phi) is 33.4. The first-order valence-corrected chi connectivity index (χ1v) is 25.5. The molecule has 3 nitrogen and oxygen atoms in total. The lowest BCUT2D eigenvalue weighted by Crippen LogP contribution is -3.00. The number of benzene rings is 3. The van der Waals surface area contributed by atoms with Gasteiger partial charge in [0.1, 0.15) is 11.4 Å². The summed E-state index contributed by atoms with van der Waals surface area (Å²) >= 11 is 0. The van der Waals surface area contributed by atoms with E-state index in [-0.39, 0.29) is 23.3 Å². The molecule has 3 aromatic rings. The molecule has 0 aliphatic heterocycles. The number of aryl methyl sites for hydroxylation is 1. The van der Waals surface area contributed by atoms with Crippen LogP contribution < -0.4 is 21.5 Å². The zero-order chi connectivity index (χ0) is 42.6. The molecule has 0 aromatic heterocycles. The molecule has 0 spiro atoms. The molecule has 3 aromatic carbocycles. The van der Waals surface area contributed by atoms with Gasteiger partial charge in [0.05, 0.1) is 14.1 Å². The zero-order valence-corrected chi connectivity index (χ0v) is 41.6. The Bertz CT molecular complexity index is 1460. The van der Waals surface area contributed by atoms with Crippen LogP contribution in [0.4, 0.5) is 11.4 Å². The molecule has 0 saturated carbocycles. The third-order valence-electron chi connectivity index (χ3n) is 12.5. The van der Waals surface area contributed by atoms with Crippen LogP contribution in [0.5, 0.6) is 0 Å². The summed E-state index contributed by atoms with van der Waals surface area (Å²) in [7, 11) is 4.65. The first-order valence-electron chi connectivity index (χ1n) is 25.5. The van der Waals surface area contributed by atoms with Crippen molar-refractivity contribution in [2.45, 2.75) is 213 Å². The molecular weight excluding hydrogens is 811 g/mol. The van der Waals surface area contributed by atoms with Gasteiger partial charge in [-0.3, -0.25) is 4.48 Å². The maximum absolute atomic E-state index is 6.54. The van der Waals surface area contributed by atoms with Crippen LogP contribution in [0.2, 0.25) is 0 Å². The minimum Gasteiger partial charge on any atom is -1.00 e. The van der Waals surface area contributed by atoms with E-state index in [9.17, 15) is 0 Å². The SMILES string of the molecule is CCCCCCCC/C=C\CCCCCCCCOC(CCc1ccccc1[N+](C)(C)c1cccc2ccccc12)OCCCCCCCC/C=C\CCCCCCCC.[Br-]. The molecule has 0 amide bonds. The first-order chi connectivity index (χ1) is 29.6. The molecule has 3 rings (SSSR count). The number of allylic oxidation sites excluding steroid dienone is 4. The van der Waals surface area contributed by atoms with Gasteiger partial charge in [0.25, 0.3) is 0 Å². The fraction of sp³-hybridized carbons (Fsp3) is 0.649. The van der Waals surface area contributed by atoms with E-state index in [1.165, 1.54) is 195 Å². The van der Waals surface area contributed by atoms with Crippen molar-refractivity contribution in [2.24, 2.45) is 0 Å². The van der Waals surface area contributed by atoms with E-state index in [0.29, 0.717) is 4.48 Å². The summed E-state index contributed by atoms with van der Waals surface area (Å²) in [5.41, 5.74) is 4.04. The highest BCUT2D eigenvalue weighted by molar-refractivity contribution is 5.94. The predicted octanol–water partition coefficient (Wildman–Crippen LogP) is 15.1. The minimum absolute atomic E-state index is 0. The van der Waals surface area contributed by atoms with Crippen LogP contribution in [-0.4, -0.2) is 33.6 Å². The van der Waals surface area contributed by atoms with Gasteiger partial charge in [-0.15, -0.1) is 0 Å². The van der Waals surface area contributed by atoms with E-state index in [0.717, 1.165) is 38.9 Å². The van der Waals surface area contributed by atoms with Crippen LogP contribution in [0.25, 0.3) is 10.8 Å². The lowest BCUT2D eigenvalue weighted by molar-refractivity contribution is -0.147. The second-order valence-corrected chi connectivity index (χ2v) is 18.2. The number of rotatable bonds is 39. The molecule has 0 aliphatic rings. The zero-order valence-electron chi connectivity index (χ0n) is 40.0. The van der Waals surface area contributed by atoms with Crippen molar-refractivity contribution in [3.63, 3.8) is 0 Å². The maximum Gasteiger partial charge on any atom is 0.157 e. The van der Waals surface area contributed by atoms with Crippen molar-refractivity contribution in [1.29, 1.82) is 0 Å². The third-order valence-corrected chi connectivity index (χ3v) is 12.5. The van der Waals surface area contributed by atoms with Crippen LogP contribution in [0.15, 0.2) is 91.0 Å². The molecule has 0 bridgehead atoms. The van der Waals surface area contributed by atoms with Crippen molar-refractivity contribution in [3.05, 3.63) is 96.6 Å². The molecule has 0 aliphatic carbocycles. The largest absolute Gasteiger partial charge is 1.00 e. The second-order valence-electron chi connectivity index (χ2n) is 18.2. The molecule has 344 valence electrons. The topological polar surface area (TPSA) is 18.5 Å². The van der Waals surface area contributed by atoms with Gasteiger partial charge >= 0.3 is 0 Å². The number of para-hydroxylation sites is 1. The number of hydrogen-bond acceptors (Lipinski definition) is 2. The summed E-state index contributed by atoms with van der Waals surface area (Å²) in [5, 5.41) is 2.61. The van der Waals surface area contributed by atoms with Crippen LogP contribution >= 0.6 is 0 Å². The predicted molar refractivity (Wildman–Crippen MR) is 267 cm³/mol. The Balaban J connectivity index is 0.0000128. The van der Waals surface area contributed by atoms with Crippen LogP contribution in [0.3, 0.4) is 0 Å². The summed E-state index contributed by atoms with van der Waals surface area (Å²) in [6.45, 7) is 6.17. The van der Waals surface area contributed by atoms with Gasteiger partial charge in [-0.05, 0) is 88.1 Å². The number of quaternary nitrogens is 1. The number of nitrogens with zero attached hydrogens (tertiary/aromatic N) is 1. The van der Waals surface area contributed by atoms with Crippen LogP contribution in [-0.2, 0) is 15.9 Å². The smallest absolute Gasteiger partial charge is 0.157 e. The number of hydrogen-bond donors (Lipinski definition) is 0. The highest BCUT2D eigenvalue weighted by Crippen LogP contribution is 2.38. The highest BCUT2D eigenvalue weighted by atomic mass is 79.9. The molecule has 4 heteroatoms. The van der Waals surface area contributed by atoms with Gasteiger partial charge in [0.2, 0.25) is 0 Å². The molecule has 61 heavy (non-hydrogen) atoms. The Morgan fingerprint density at radius 1 is 0.443 bits per heavy atom. The van der Waals surface area contributed by atoms with Gasteiger partial charge in [-0.1, -0.05) is 202 Å². The van der Waals surface area contributed by atoms with E-state index >= 15 is 0 Å². The van der Waals surface area contributed by atoms with E-state index in [4.69, 9.17) is 9.47 Å². The minimum atomic E-state index is -0.155. The molecule has 0 heterocycles. The van der Waals surface area contributed by atoms with Gasteiger partial charge in [-0.25, -0.2) is 0 Å². The van der Waals surface area contributed by atoms with Crippen LogP contribution in [0.1, 0.15) is 206 Å². The van der Waals surface area contributed by atoms with Crippen molar-refractivity contribution in [3.8, 4) is 0 Å². The Morgan fingerprint density at radius 3 is 1.34 bits per heavy atom. The van der Waals surface area contributed by atoms with E-state index in [1.54, 1.807) is 0 Å². The maximum atomic E-state index is 6.54. The number of ether oxygens (including phenoxy) is 2.